The molecular formula is C11H15N3O2S. The number of nitrogens with zero attached hydrogens (tertiary/aromatic N) is 1. The van der Waals surface area contributed by atoms with Crippen LogP contribution in [0.15, 0.2) is 11.0 Å². The first-order valence-corrected chi connectivity index (χ1v) is 6.16. The lowest BCUT2D eigenvalue weighted by molar-refractivity contribution is -0.131. The van der Waals surface area contributed by atoms with Gasteiger partial charge in [0.05, 0.1) is 6.42 Å². The van der Waals surface area contributed by atoms with E-state index in [0.29, 0.717) is 5.56 Å². The van der Waals surface area contributed by atoms with E-state index in [2.05, 4.69) is 9.97 Å². The third-order valence-corrected chi connectivity index (χ3v) is 3.17. The summed E-state index contributed by atoms with van der Waals surface area (Å²) in [6.07, 6.45) is 4.95. The van der Waals surface area contributed by atoms with Crippen LogP contribution in [0.25, 0.3) is 0 Å². The summed E-state index contributed by atoms with van der Waals surface area (Å²) in [5.41, 5.74) is 0.160. The van der Waals surface area contributed by atoms with Crippen LogP contribution in [-0.2, 0) is 11.2 Å². The van der Waals surface area contributed by atoms with Crippen LogP contribution in [0.5, 0.6) is 0 Å². The minimum Gasteiger partial charge on any atom is -0.342 e. The number of H-pyrrole nitrogens is 2. The fourth-order valence-electron chi connectivity index (χ4n) is 1.99. The molecule has 0 bridgehead atoms. The van der Waals surface area contributed by atoms with Crippen molar-refractivity contribution in [2.75, 3.05) is 13.1 Å². The van der Waals surface area contributed by atoms with Crippen molar-refractivity contribution in [3.63, 3.8) is 0 Å². The topological polar surface area (TPSA) is 69.0 Å². The Kier molecular flexibility index (Phi) is 3.73. The first kappa shape index (κ1) is 12.0. The highest BCUT2D eigenvalue weighted by atomic mass is 32.1. The number of carbonyl (C=O) groups is 1. The molecule has 0 saturated carbocycles. The third kappa shape index (κ3) is 3.03. The van der Waals surface area contributed by atoms with Crippen LogP contribution in [0.3, 0.4) is 0 Å². The largest absolute Gasteiger partial charge is 0.342 e. The zero-order chi connectivity index (χ0) is 12.3. The number of amides is 1. The average molecular weight is 253 g/mol. The van der Waals surface area contributed by atoms with Crippen molar-refractivity contribution >= 4 is 18.1 Å². The van der Waals surface area contributed by atoms with Crippen LogP contribution >= 0.6 is 12.2 Å². The molecule has 0 atom stereocenters. The predicted octanol–water partition coefficient (Wildman–Crippen LogP) is 0.987. The van der Waals surface area contributed by atoms with Gasteiger partial charge in [-0.3, -0.25) is 14.6 Å². The minimum atomic E-state index is -0.279. The van der Waals surface area contributed by atoms with Gasteiger partial charge in [-0.25, -0.2) is 0 Å². The first-order chi connectivity index (χ1) is 8.16. The number of piperidine rings is 1. The zero-order valence-corrected chi connectivity index (χ0v) is 10.3. The van der Waals surface area contributed by atoms with Crippen molar-refractivity contribution in [1.82, 2.24) is 14.9 Å². The summed E-state index contributed by atoms with van der Waals surface area (Å²) in [6, 6.07) is 0. The minimum absolute atomic E-state index is 0.0146. The molecule has 1 aliphatic heterocycles. The summed E-state index contributed by atoms with van der Waals surface area (Å²) in [7, 11) is 0. The molecule has 0 spiro atoms. The molecule has 1 aromatic rings. The highest BCUT2D eigenvalue weighted by Crippen LogP contribution is 2.09. The number of rotatable bonds is 2. The standard InChI is InChI=1S/C11H15N3O2S/c15-9(14-4-2-1-3-5-14)6-8-7-12-11(17)13-10(8)16/h7H,1-6H2,(H2,12,13,16,17). The SMILES string of the molecule is O=C(Cc1c[nH]c(=S)[nH]c1=O)N1CCCCC1. The summed E-state index contributed by atoms with van der Waals surface area (Å²) in [6.45, 7) is 1.61. The number of aromatic nitrogens is 2. The van der Waals surface area contributed by atoms with Crippen molar-refractivity contribution in [2.24, 2.45) is 0 Å². The van der Waals surface area contributed by atoms with Crippen LogP contribution in [0.2, 0.25) is 0 Å². The van der Waals surface area contributed by atoms with E-state index in [9.17, 15) is 9.59 Å². The molecule has 2 N–H and O–H groups in total. The number of carbonyl (C=O) groups excluding carboxylic acids is 1. The zero-order valence-electron chi connectivity index (χ0n) is 9.49. The normalized spacial score (nSPS) is 15.9. The summed E-state index contributed by atoms with van der Waals surface area (Å²) >= 11 is 4.79. The maximum Gasteiger partial charge on any atom is 0.255 e. The molecule has 2 rings (SSSR count). The Labute approximate surface area is 104 Å². The molecule has 2 heterocycles. The molecule has 0 aliphatic carbocycles. The molecule has 5 nitrogen and oxygen atoms in total. The van der Waals surface area contributed by atoms with E-state index in [1.807, 2.05) is 4.90 Å². The highest BCUT2D eigenvalue weighted by molar-refractivity contribution is 7.71. The van der Waals surface area contributed by atoms with Crippen molar-refractivity contribution in [1.29, 1.82) is 0 Å². The monoisotopic (exact) mass is 253 g/mol. The van der Waals surface area contributed by atoms with Crippen LogP contribution in [0.4, 0.5) is 0 Å². The van der Waals surface area contributed by atoms with Gasteiger partial charge in [0.25, 0.3) is 5.56 Å². The highest BCUT2D eigenvalue weighted by Gasteiger charge is 2.17. The Morgan fingerprint density at radius 1 is 1.35 bits per heavy atom. The first-order valence-electron chi connectivity index (χ1n) is 5.75. The molecule has 1 aliphatic rings. The van der Waals surface area contributed by atoms with E-state index in [-0.39, 0.29) is 22.7 Å². The quantitative estimate of drug-likeness (QED) is 0.772. The number of nitrogens with one attached hydrogen (secondary N) is 2. The van der Waals surface area contributed by atoms with Crippen molar-refractivity contribution in [3.8, 4) is 0 Å². The Morgan fingerprint density at radius 3 is 2.71 bits per heavy atom. The maximum atomic E-state index is 11.9. The van der Waals surface area contributed by atoms with E-state index in [1.165, 1.54) is 12.6 Å². The average Bonchev–Trinajstić information content (AvgIpc) is 2.34. The van der Waals surface area contributed by atoms with Gasteiger partial charge in [-0.15, -0.1) is 0 Å². The van der Waals surface area contributed by atoms with Crippen LogP contribution < -0.4 is 5.56 Å². The van der Waals surface area contributed by atoms with Crippen molar-refractivity contribution in [2.45, 2.75) is 25.7 Å². The smallest absolute Gasteiger partial charge is 0.255 e. The van der Waals surface area contributed by atoms with Gasteiger partial charge in [-0.2, -0.15) is 0 Å². The van der Waals surface area contributed by atoms with E-state index in [1.54, 1.807) is 0 Å². The summed E-state index contributed by atoms with van der Waals surface area (Å²) in [5, 5.41) is 0. The predicted molar refractivity (Wildman–Crippen MR) is 66.4 cm³/mol. The molecule has 0 aromatic carbocycles. The molecule has 92 valence electrons. The fourth-order valence-corrected chi connectivity index (χ4v) is 2.14. The van der Waals surface area contributed by atoms with Gasteiger partial charge in [-0.1, -0.05) is 0 Å². The Balaban J connectivity index is 2.07. The van der Waals surface area contributed by atoms with Crippen LogP contribution in [0.1, 0.15) is 24.8 Å². The van der Waals surface area contributed by atoms with Gasteiger partial charge in [-0.05, 0) is 31.5 Å². The second-order valence-electron chi connectivity index (χ2n) is 4.22. The van der Waals surface area contributed by atoms with E-state index in [0.717, 1.165) is 25.9 Å². The molecule has 6 heteroatoms. The van der Waals surface area contributed by atoms with E-state index < -0.39 is 0 Å². The molecule has 1 amide bonds. The number of likely N-dealkylation sites (tertiary alicyclic amines) is 1. The van der Waals surface area contributed by atoms with Crippen LogP contribution in [0, 0.1) is 4.77 Å². The van der Waals surface area contributed by atoms with E-state index >= 15 is 0 Å². The second-order valence-corrected chi connectivity index (χ2v) is 4.62. The maximum absolute atomic E-state index is 11.9. The summed E-state index contributed by atoms with van der Waals surface area (Å²) in [4.78, 5) is 30.5. The Bertz CT molecular complexity index is 514. The Hall–Kier alpha value is -1.43. The summed E-state index contributed by atoms with van der Waals surface area (Å²) in [5.74, 6) is 0.0146. The lowest BCUT2D eigenvalue weighted by atomic mass is 10.1. The molecule has 1 saturated heterocycles. The number of aromatic amines is 2. The summed E-state index contributed by atoms with van der Waals surface area (Å²) < 4.78 is 0.282. The number of hydrogen-bond donors (Lipinski definition) is 2. The molecule has 0 unspecified atom stereocenters. The molecular weight excluding hydrogens is 238 g/mol. The fraction of sp³-hybridized carbons (Fsp3) is 0.545. The van der Waals surface area contributed by atoms with Crippen molar-refractivity contribution < 1.29 is 4.79 Å². The van der Waals surface area contributed by atoms with Gasteiger partial charge >= 0.3 is 0 Å². The van der Waals surface area contributed by atoms with Crippen LogP contribution in [-0.4, -0.2) is 33.9 Å². The lowest BCUT2D eigenvalue weighted by Gasteiger charge is -2.26. The molecule has 1 aromatic heterocycles. The van der Waals surface area contributed by atoms with Gasteiger partial charge in [0.2, 0.25) is 5.91 Å². The number of hydrogen-bond acceptors (Lipinski definition) is 3. The van der Waals surface area contributed by atoms with E-state index in [4.69, 9.17) is 12.2 Å². The Morgan fingerprint density at radius 2 is 2.06 bits per heavy atom. The van der Waals surface area contributed by atoms with Crippen molar-refractivity contribution in [3.05, 3.63) is 26.9 Å². The lowest BCUT2D eigenvalue weighted by Crippen LogP contribution is -2.37. The second kappa shape index (κ2) is 5.27. The van der Waals surface area contributed by atoms with Gasteiger partial charge in [0.1, 0.15) is 0 Å². The molecule has 17 heavy (non-hydrogen) atoms. The third-order valence-electron chi connectivity index (χ3n) is 2.95. The van der Waals surface area contributed by atoms with Gasteiger partial charge < -0.3 is 9.88 Å². The van der Waals surface area contributed by atoms with Gasteiger partial charge in [0, 0.05) is 24.8 Å². The molecule has 1 fully saturated rings. The molecule has 0 radical (unpaired) electrons. The van der Waals surface area contributed by atoms with Gasteiger partial charge in [0.15, 0.2) is 4.77 Å².